The molecule has 0 spiro atoms. The van der Waals surface area contributed by atoms with Crippen LogP contribution in [0.2, 0.25) is 5.02 Å². The average Bonchev–Trinajstić information content (AvgIpc) is 2.68. The van der Waals surface area contributed by atoms with Gasteiger partial charge in [0.05, 0.1) is 0 Å². The molecular weight excluding hydrogens is 406 g/mol. The molecule has 0 saturated heterocycles. The molecule has 0 unspecified atom stereocenters. The van der Waals surface area contributed by atoms with Gasteiger partial charge in [-0.15, -0.1) is 0 Å². The van der Waals surface area contributed by atoms with Gasteiger partial charge in [-0.1, -0.05) is 41.9 Å². The van der Waals surface area contributed by atoms with Crippen LogP contribution >= 0.6 is 23.8 Å². The van der Waals surface area contributed by atoms with Crippen LogP contribution in [0.25, 0.3) is 0 Å². The Morgan fingerprint density at radius 2 is 1.52 bits per heavy atom. The predicted octanol–water partition coefficient (Wildman–Crippen LogP) is 5.03. The van der Waals surface area contributed by atoms with E-state index in [2.05, 4.69) is 16.0 Å². The number of carbonyl (C=O) groups excluding carboxylic acids is 2. The van der Waals surface area contributed by atoms with Crippen molar-refractivity contribution in [1.29, 1.82) is 0 Å². The summed E-state index contributed by atoms with van der Waals surface area (Å²) in [4.78, 5) is 24.8. The van der Waals surface area contributed by atoms with Crippen LogP contribution in [0.1, 0.15) is 26.3 Å². The van der Waals surface area contributed by atoms with E-state index in [-0.39, 0.29) is 16.9 Å². The van der Waals surface area contributed by atoms with Crippen LogP contribution in [0.4, 0.5) is 11.4 Å². The molecule has 2 amide bonds. The summed E-state index contributed by atoms with van der Waals surface area (Å²) in [6.45, 7) is 1.85. The minimum Gasteiger partial charge on any atom is -0.332 e. The zero-order chi connectivity index (χ0) is 20.8. The molecule has 29 heavy (non-hydrogen) atoms. The summed E-state index contributed by atoms with van der Waals surface area (Å²) >= 11 is 11.2. The van der Waals surface area contributed by atoms with E-state index in [4.69, 9.17) is 23.8 Å². The lowest BCUT2D eigenvalue weighted by Crippen LogP contribution is -2.34. The number of halogens is 1. The lowest BCUT2D eigenvalue weighted by Gasteiger charge is -2.12. The molecule has 0 saturated carbocycles. The van der Waals surface area contributed by atoms with E-state index in [1.54, 1.807) is 60.7 Å². The molecule has 3 N–H and O–H groups in total. The van der Waals surface area contributed by atoms with Crippen LogP contribution in [0.5, 0.6) is 0 Å². The Morgan fingerprint density at radius 3 is 2.24 bits per heavy atom. The molecule has 0 atom stereocenters. The summed E-state index contributed by atoms with van der Waals surface area (Å²) in [5.74, 6) is -0.582. The quantitative estimate of drug-likeness (QED) is 0.515. The highest BCUT2D eigenvalue weighted by Crippen LogP contribution is 2.17. The number of aryl methyl sites for hydroxylation is 1. The van der Waals surface area contributed by atoms with Crippen LogP contribution in [0.15, 0.2) is 72.8 Å². The first-order chi connectivity index (χ1) is 13.9. The van der Waals surface area contributed by atoms with E-state index in [0.717, 1.165) is 5.56 Å². The van der Waals surface area contributed by atoms with Crippen LogP contribution in [-0.4, -0.2) is 16.9 Å². The van der Waals surface area contributed by atoms with Gasteiger partial charge in [0, 0.05) is 27.5 Å². The molecule has 3 rings (SSSR count). The van der Waals surface area contributed by atoms with E-state index in [1.165, 1.54) is 0 Å². The van der Waals surface area contributed by atoms with Crippen molar-refractivity contribution in [2.45, 2.75) is 6.92 Å². The second-order valence-electron chi connectivity index (χ2n) is 6.27. The van der Waals surface area contributed by atoms with Crippen molar-refractivity contribution in [1.82, 2.24) is 5.32 Å². The topological polar surface area (TPSA) is 70.2 Å². The maximum absolute atomic E-state index is 12.5. The number of nitrogens with one attached hydrogen (secondary N) is 3. The summed E-state index contributed by atoms with van der Waals surface area (Å²) in [6.07, 6.45) is 0. The smallest absolute Gasteiger partial charge is 0.257 e. The van der Waals surface area contributed by atoms with Gasteiger partial charge in [-0.3, -0.25) is 14.9 Å². The van der Waals surface area contributed by atoms with E-state index in [1.807, 2.05) is 19.1 Å². The van der Waals surface area contributed by atoms with Crippen LogP contribution in [-0.2, 0) is 0 Å². The highest BCUT2D eigenvalue weighted by molar-refractivity contribution is 7.80. The summed E-state index contributed by atoms with van der Waals surface area (Å²) < 4.78 is 0. The van der Waals surface area contributed by atoms with Crippen molar-refractivity contribution >= 4 is 52.1 Å². The third-order valence-corrected chi connectivity index (χ3v) is 4.52. The Balaban J connectivity index is 1.64. The normalized spacial score (nSPS) is 10.1. The predicted molar refractivity (Wildman–Crippen MR) is 121 cm³/mol. The van der Waals surface area contributed by atoms with E-state index >= 15 is 0 Å². The van der Waals surface area contributed by atoms with Crippen molar-refractivity contribution < 1.29 is 9.59 Å². The fourth-order valence-corrected chi connectivity index (χ4v) is 3.07. The van der Waals surface area contributed by atoms with Gasteiger partial charge < -0.3 is 10.6 Å². The zero-order valence-electron chi connectivity index (χ0n) is 15.5. The molecule has 0 aliphatic carbocycles. The molecule has 0 aliphatic heterocycles. The Labute approximate surface area is 179 Å². The van der Waals surface area contributed by atoms with Gasteiger partial charge in [0.2, 0.25) is 0 Å². The summed E-state index contributed by atoms with van der Waals surface area (Å²) in [6, 6.07) is 20.9. The van der Waals surface area contributed by atoms with Gasteiger partial charge in [-0.05, 0) is 67.2 Å². The summed E-state index contributed by atoms with van der Waals surface area (Å²) in [5.41, 5.74) is 3.02. The lowest BCUT2D eigenvalue weighted by molar-refractivity contribution is 0.0975. The molecule has 0 fully saturated rings. The molecular formula is C22H18ClN3O2S. The van der Waals surface area contributed by atoms with E-state index in [0.29, 0.717) is 27.5 Å². The van der Waals surface area contributed by atoms with Gasteiger partial charge in [0.15, 0.2) is 5.11 Å². The number of thiocarbonyl (C=S) groups is 1. The molecule has 3 aromatic rings. The SMILES string of the molecule is Cc1ccccc1C(=O)NC(=S)Nc1cccc(C(=O)Nc2cccc(Cl)c2)c1. The van der Waals surface area contributed by atoms with Crippen molar-refractivity contribution in [3.63, 3.8) is 0 Å². The van der Waals surface area contributed by atoms with Crippen molar-refractivity contribution in [3.8, 4) is 0 Å². The minimum absolute atomic E-state index is 0.144. The Hall–Kier alpha value is -3.22. The van der Waals surface area contributed by atoms with Crippen LogP contribution in [0.3, 0.4) is 0 Å². The van der Waals surface area contributed by atoms with Crippen molar-refractivity contribution in [3.05, 3.63) is 94.5 Å². The Bertz CT molecular complexity index is 1080. The molecule has 0 aromatic heterocycles. The fraction of sp³-hybridized carbons (Fsp3) is 0.0455. The van der Waals surface area contributed by atoms with Gasteiger partial charge >= 0.3 is 0 Å². The second kappa shape index (κ2) is 9.32. The zero-order valence-corrected chi connectivity index (χ0v) is 17.1. The fourth-order valence-electron chi connectivity index (χ4n) is 2.67. The maximum atomic E-state index is 12.5. The monoisotopic (exact) mass is 423 g/mol. The van der Waals surface area contributed by atoms with Crippen molar-refractivity contribution in [2.75, 3.05) is 10.6 Å². The molecule has 0 radical (unpaired) electrons. The summed E-state index contributed by atoms with van der Waals surface area (Å²) in [7, 11) is 0. The van der Waals surface area contributed by atoms with Gasteiger partial charge in [0.25, 0.3) is 11.8 Å². The molecule has 0 aliphatic rings. The largest absolute Gasteiger partial charge is 0.332 e. The maximum Gasteiger partial charge on any atom is 0.257 e. The molecule has 7 heteroatoms. The standard InChI is InChI=1S/C22H18ClN3O2S/c1-14-6-2-3-11-19(14)21(28)26-22(29)25-17-9-4-7-15(12-17)20(27)24-18-10-5-8-16(23)13-18/h2-13H,1H3,(H,24,27)(H2,25,26,28,29). The van der Waals surface area contributed by atoms with Gasteiger partial charge in [-0.2, -0.15) is 0 Å². The molecule has 5 nitrogen and oxygen atoms in total. The highest BCUT2D eigenvalue weighted by Gasteiger charge is 2.11. The number of carbonyl (C=O) groups is 2. The number of anilines is 2. The summed E-state index contributed by atoms with van der Waals surface area (Å²) in [5, 5.41) is 9.04. The van der Waals surface area contributed by atoms with Gasteiger partial charge in [0.1, 0.15) is 0 Å². The average molecular weight is 424 g/mol. The van der Waals surface area contributed by atoms with Crippen LogP contribution in [0, 0.1) is 6.92 Å². The number of rotatable bonds is 4. The molecule has 146 valence electrons. The first-order valence-corrected chi connectivity index (χ1v) is 9.56. The molecule has 0 bridgehead atoms. The first kappa shape index (κ1) is 20.5. The highest BCUT2D eigenvalue weighted by atomic mass is 35.5. The third-order valence-electron chi connectivity index (χ3n) is 4.08. The first-order valence-electron chi connectivity index (χ1n) is 8.77. The van der Waals surface area contributed by atoms with E-state index < -0.39 is 0 Å². The number of hydrogen-bond donors (Lipinski definition) is 3. The number of hydrogen-bond acceptors (Lipinski definition) is 3. The minimum atomic E-state index is -0.296. The number of benzene rings is 3. The Kier molecular flexibility index (Phi) is 6.59. The second-order valence-corrected chi connectivity index (χ2v) is 7.11. The van der Waals surface area contributed by atoms with Crippen LogP contribution < -0.4 is 16.0 Å². The molecule has 0 heterocycles. The van der Waals surface area contributed by atoms with Gasteiger partial charge in [-0.25, -0.2) is 0 Å². The van der Waals surface area contributed by atoms with Crippen molar-refractivity contribution in [2.24, 2.45) is 0 Å². The molecule has 3 aromatic carbocycles. The lowest BCUT2D eigenvalue weighted by atomic mass is 10.1. The van der Waals surface area contributed by atoms with E-state index in [9.17, 15) is 9.59 Å². The Morgan fingerprint density at radius 1 is 0.828 bits per heavy atom. The third kappa shape index (κ3) is 5.63. The number of amides is 2.